The number of hydrogen-bond acceptors (Lipinski definition) is 4. The topological polar surface area (TPSA) is 50.6 Å². The maximum absolute atomic E-state index is 13.1. The standard InChI is InChI=1S/C27H34N4O2/c1-27(2,3)24-8-10-25(11-9-24)33-20-21-6-5-7-23(16-21)26(32)31-14-12-30(13-15-31)19-22-17-28-29(4)18-22/h5-11,16-18H,12-15,19-20H2,1-4H3. The summed E-state index contributed by atoms with van der Waals surface area (Å²) < 4.78 is 7.80. The molecule has 0 bridgehead atoms. The van der Waals surface area contributed by atoms with Crippen molar-refractivity contribution in [3.63, 3.8) is 0 Å². The molecule has 1 aliphatic rings. The quantitative estimate of drug-likeness (QED) is 0.568. The van der Waals surface area contributed by atoms with Crippen molar-refractivity contribution in [1.29, 1.82) is 0 Å². The third-order valence-corrected chi connectivity index (χ3v) is 6.12. The molecule has 0 spiro atoms. The monoisotopic (exact) mass is 446 g/mol. The van der Waals surface area contributed by atoms with Crippen LogP contribution < -0.4 is 4.74 Å². The Labute approximate surface area is 196 Å². The summed E-state index contributed by atoms with van der Waals surface area (Å²) in [5.41, 5.74) is 4.33. The molecule has 2 heterocycles. The minimum absolute atomic E-state index is 0.0902. The van der Waals surface area contributed by atoms with E-state index in [1.165, 1.54) is 11.1 Å². The van der Waals surface area contributed by atoms with Crippen LogP contribution in [0, 0.1) is 0 Å². The highest BCUT2D eigenvalue weighted by Crippen LogP contribution is 2.24. The van der Waals surface area contributed by atoms with E-state index in [1.807, 2.05) is 65.4 Å². The van der Waals surface area contributed by atoms with Crippen molar-refractivity contribution >= 4 is 5.91 Å². The molecule has 2 aromatic carbocycles. The number of amides is 1. The van der Waals surface area contributed by atoms with E-state index in [0.717, 1.165) is 49.6 Å². The van der Waals surface area contributed by atoms with E-state index in [2.05, 4.69) is 42.9 Å². The number of rotatable bonds is 6. The average Bonchev–Trinajstić information content (AvgIpc) is 3.22. The van der Waals surface area contributed by atoms with Crippen molar-refractivity contribution < 1.29 is 9.53 Å². The predicted octanol–water partition coefficient (Wildman–Crippen LogP) is 4.25. The molecule has 0 aliphatic carbocycles. The van der Waals surface area contributed by atoms with Crippen LogP contribution in [0.3, 0.4) is 0 Å². The van der Waals surface area contributed by atoms with Crippen molar-refractivity contribution in [2.24, 2.45) is 7.05 Å². The lowest BCUT2D eigenvalue weighted by atomic mass is 9.87. The Kier molecular flexibility index (Phi) is 6.84. The number of aromatic nitrogens is 2. The van der Waals surface area contributed by atoms with E-state index in [-0.39, 0.29) is 11.3 Å². The van der Waals surface area contributed by atoms with E-state index < -0.39 is 0 Å². The number of benzene rings is 2. The molecular formula is C27H34N4O2. The predicted molar refractivity (Wildman–Crippen MR) is 130 cm³/mol. The number of nitrogens with zero attached hydrogens (tertiary/aromatic N) is 4. The highest BCUT2D eigenvalue weighted by Gasteiger charge is 2.22. The molecule has 4 rings (SSSR count). The Hall–Kier alpha value is -3.12. The first-order chi connectivity index (χ1) is 15.8. The molecule has 1 aliphatic heterocycles. The smallest absolute Gasteiger partial charge is 0.253 e. The maximum atomic E-state index is 13.1. The van der Waals surface area contributed by atoms with E-state index in [4.69, 9.17) is 4.74 Å². The molecule has 174 valence electrons. The van der Waals surface area contributed by atoms with E-state index in [9.17, 15) is 4.79 Å². The van der Waals surface area contributed by atoms with E-state index in [1.54, 1.807) is 0 Å². The van der Waals surface area contributed by atoms with E-state index >= 15 is 0 Å². The van der Waals surface area contributed by atoms with Crippen LogP contribution in [0.15, 0.2) is 60.9 Å². The first-order valence-corrected chi connectivity index (χ1v) is 11.6. The normalized spacial score (nSPS) is 15.0. The second-order valence-corrected chi connectivity index (χ2v) is 9.85. The molecule has 1 saturated heterocycles. The summed E-state index contributed by atoms with van der Waals surface area (Å²) in [6, 6.07) is 16.0. The van der Waals surface area contributed by atoms with Crippen LogP contribution in [0.1, 0.15) is 47.8 Å². The number of carbonyl (C=O) groups excluding carboxylic acids is 1. The van der Waals surface area contributed by atoms with E-state index in [0.29, 0.717) is 6.61 Å². The van der Waals surface area contributed by atoms with Gasteiger partial charge in [0.05, 0.1) is 6.20 Å². The van der Waals surface area contributed by atoms with Gasteiger partial charge < -0.3 is 9.64 Å². The summed E-state index contributed by atoms with van der Waals surface area (Å²) in [5.74, 6) is 0.928. The highest BCUT2D eigenvalue weighted by atomic mass is 16.5. The molecule has 0 saturated carbocycles. The van der Waals surface area contributed by atoms with Gasteiger partial charge in [0.1, 0.15) is 12.4 Å². The van der Waals surface area contributed by atoms with Gasteiger partial charge in [-0.2, -0.15) is 5.10 Å². The summed E-state index contributed by atoms with van der Waals surface area (Å²) in [5, 5.41) is 4.24. The van der Waals surface area contributed by atoms with Crippen LogP contribution in [0.5, 0.6) is 5.75 Å². The van der Waals surface area contributed by atoms with Gasteiger partial charge in [0.25, 0.3) is 5.91 Å². The minimum Gasteiger partial charge on any atom is -0.489 e. The Balaban J connectivity index is 1.30. The van der Waals surface area contributed by atoms with Gasteiger partial charge in [-0.3, -0.25) is 14.4 Å². The largest absolute Gasteiger partial charge is 0.489 e. The first-order valence-electron chi connectivity index (χ1n) is 11.6. The Morgan fingerprint density at radius 1 is 1.00 bits per heavy atom. The lowest BCUT2D eigenvalue weighted by Gasteiger charge is -2.34. The van der Waals surface area contributed by atoms with Gasteiger partial charge in [0.15, 0.2) is 0 Å². The van der Waals surface area contributed by atoms with Gasteiger partial charge in [0, 0.05) is 57.1 Å². The van der Waals surface area contributed by atoms with Gasteiger partial charge in [-0.15, -0.1) is 0 Å². The molecule has 0 unspecified atom stereocenters. The van der Waals surface area contributed by atoms with Gasteiger partial charge >= 0.3 is 0 Å². The van der Waals surface area contributed by atoms with Gasteiger partial charge in [-0.1, -0.05) is 45.0 Å². The van der Waals surface area contributed by atoms with Crippen molar-refractivity contribution in [3.8, 4) is 5.75 Å². The fourth-order valence-electron chi connectivity index (χ4n) is 4.12. The number of hydrogen-bond donors (Lipinski definition) is 0. The lowest BCUT2D eigenvalue weighted by Crippen LogP contribution is -2.48. The fraction of sp³-hybridized carbons (Fsp3) is 0.407. The number of ether oxygens (including phenoxy) is 1. The number of aryl methyl sites for hydroxylation is 1. The molecule has 3 aromatic rings. The zero-order valence-corrected chi connectivity index (χ0v) is 20.1. The number of piperazine rings is 1. The first kappa shape index (κ1) is 23.1. The van der Waals surface area contributed by atoms with Gasteiger partial charge in [-0.25, -0.2) is 0 Å². The Bertz CT molecular complexity index is 1070. The van der Waals surface area contributed by atoms with Crippen LogP contribution in [0.2, 0.25) is 0 Å². The SMILES string of the molecule is Cn1cc(CN2CCN(C(=O)c3cccc(COc4ccc(C(C)(C)C)cc4)c3)CC2)cn1. The molecule has 1 fully saturated rings. The molecule has 0 N–H and O–H groups in total. The van der Waals surface area contributed by atoms with Crippen LogP contribution >= 0.6 is 0 Å². The van der Waals surface area contributed by atoms with Crippen LogP contribution in [0.25, 0.3) is 0 Å². The van der Waals surface area contributed by atoms with Gasteiger partial charge in [-0.05, 0) is 40.8 Å². The zero-order chi connectivity index (χ0) is 23.4. The third-order valence-electron chi connectivity index (χ3n) is 6.12. The molecule has 1 amide bonds. The minimum atomic E-state index is 0.0902. The summed E-state index contributed by atoms with van der Waals surface area (Å²) in [6.45, 7) is 11.1. The van der Waals surface area contributed by atoms with Gasteiger partial charge in [0.2, 0.25) is 0 Å². The molecular weight excluding hydrogens is 412 g/mol. The Morgan fingerprint density at radius 3 is 2.36 bits per heavy atom. The second kappa shape index (κ2) is 9.79. The van der Waals surface area contributed by atoms with Crippen molar-refractivity contribution in [2.45, 2.75) is 39.3 Å². The van der Waals surface area contributed by atoms with Crippen LogP contribution in [-0.2, 0) is 25.6 Å². The summed E-state index contributed by atoms with van der Waals surface area (Å²) in [7, 11) is 1.93. The van der Waals surface area contributed by atoms with Crippen molar-refractivity contribution in [1.82, 2.24) is 19.6 Å². The maximum Gasteiger partial charge on any atom is 0.253 e. The number of carbonyl (C=O) groups is 1. The average molecular weight is 447 g/mol. The summed E-state index contributed by atoms with van der Waals surface area (Å²) in [6.07, 6.45) is 3.95. The molecule has 6 nitrogen and oxygen atoms in total. The van der Waals surface area contributed by atoms with Crippen molar-refractivity contribution in [2.75, 3.05) is 26.2 Å². The molecule has 6 heteroatoms. The Morgan fingerprint density at radius 2 is 1.73 bits per heavy atom. The van der Waals surface area contributed by atoms with Crippen LogP contribution in [-0.4, -0.2) is 51.7 Å². The molecule has 0 radical (unpaired) electrons. The van der Waals surface area contributed by atoms with Crippen molar-refractivity contribution in [3.05, 3.63) is 83.2 Å². The summed E-state index contributed by atoms with van der Waals surface area (Å²) in [4.78, 5) is 17.4. The van der Waals surface area contributed by atoms with Crippen LogP contribution in [0.4, 0.5) is 0 Å². The molecule has 0 atom stereocenters. The fourth-order valence-corrected chi connectivity index (χ4v) is 4.12. The molecule has 33 heavy (non-hydrogen) atoms. The summed E-state index contributed by atoms with van der Waals surface area (Å²) >= 11 is 0. The third kappa shape index (κ3) is 6.02. The second-order valence-electron chi connectivity index (χ2n) is 9.85. The zero-order valence-electron chi connectivity index (χ0n) is 20.1. The molecule has 1 aromatic heterocycles. The highest BCUT2D eigenvalue weighted by molar-refractivity contribution is 5.94. The lowest BCUT2D eigenvalue weighted by molar-refractivity contribution is 0.0628.